The summed E-state index contributed by atoms with van der Waals surface area (Å²) in [5, 5.41) is 5.02. The number of amides is 3. The molecule has 126 valence electrons. The fraction of sp³-hybridized carbons (Fsp3) is 0.176. The normalized spacial score (nSPS) is 13.1. The Morgan fingerprint density at radius 2 is 1.79 bits per heavy atom. The van der Waals surface area contributed by atoms with Crippen molar-refractivity contribution in [3.05, 3.63) is 69.7 Å². The van der Waals surface area contributed by atoms with Gasteiger partial charge in [-0.3, -0.25) is 10.1 Å². The Kier molecular flexibility index (Phi) is 6.20. The van der Waals surface area contributed by atoms with Crippen molar-refractivity contribution in [2.45, 2.75) is 19.0 Å². The number of benzene rings is 2. The number of carbonyl (C=O) groups is 2. The fourth-order valence-electron chi connectivity index (χ4n) is 2.47. The van der Waals surface area contributed by atoms with Crippen LogP contribution in [0.5, 0.6) is 0 Å². The molecule has 5 N–H and O–H groups in total. The number of nitrogens with two attached hydrogens (primary N) is 2. The molecule has 0 spiro atoms. The maximum atomic E-state index is 12.4. The summed E-state index contributed by atoms with van der Waals surface area (Å²) >= 11 is 12.2. The molecule has 0 radical (unpaired) electrons. The van der Waals surface area contributed by atoms with Crippen LogP contribution in [0.3, 0.4) is 0 Å². The standard InChI is InChI=1S/C17H17Cl2N3O2/c1-10(13-8-7-12(18)9-14(13)19)21-15(16(23)22-17(20)24)11-5-3-2-4-6-11/h2-10,15,21H,1H3,(H3,20,22,23,24)/p+1/t10-,15+/m0/s1. The van der Waals surface area contributed by atoms with Crippen molar-refractivity contribution in [3.8, 4) is 0 Å². The molecule has 3 amide bonds. The van der Waals surface area contributed by atoms with Gasteiger partial charge in [-0.1, -0.05) is 59.6 Å². The summed E-state index contributed by atoms with van der Waals surface area (Å²) in [5.41, 5.74) is 6.67. The molecular formula is C17H18Cl2N3O2+. The summed E-state index contributed by atoms with van der Waals surface area (Å²) in [5.74, 6) is -0.481. The van der Waals surface area contributed by atoms with Gasteiger partial charge in [0.25, 0.3) is 5.91 Å². The van der Waals surface area contributed by atoms with Gasteiger partial charge in [-0.2, -0.15) is 0 Å². The van der Waals surface area contributed by atoms with E-state index in [1.54, 1.807) is 12.1 Å². The van der Waals surface area contributed by atoms with Crippen molar-refractivity contribution in [2.24, 2.45) is 5.73 Å². The van der Waals surface area contributed by atoms with Gasteiger partial charge in [0.2, 0.25) is 0 Å². The molecule has 7 heteroatoms. The highest BCUT2D eigenvalue weighted by Crippen LogP contribution is 2.25. The van der Waals surface area contributed by atoms with Crippen LogP contribution < -0.4 is 16.4 Å². The molecule has 24 heavy (non-hydrogen) atoms. The Bertz CT molecular complexity index is 738. The van der Waals surface area contributed by atoms with Crippen LogP contribution in [0, 0.1) is 0 Å². The first kappa shape index (κ1) is 18.3. The lowest BCUT2D eigenvalue weighted by Crippen LogP contribution is -2.88. The van der Waals surface area contributed by atoms with E-state index in [-0.39, 0.29) is 6.04 Å². The number of halogens is 2. The Morgan fingerprint density at radius 1 is 1.12 bits per heavy atom. The van der Waals surface area contributed by atoms with Crippen LogP contribution in [0.15, 0.2) is 48.5 Å². The Labute approximate surface area is 150 Å². The monoisotopic (exact) mass is 366 g/mol. The number of imide groups is 1. The van der Waals surface area contributed by atoms with Crippen molar-refractivity contribution in [1.82, 2.24) is 5.32 Å². The first-order valence-corrected chi connectivity index (χ1v) is 8.09. The molecule has 0 aliphatic rings. The van der Waals surface area contributed by atoms with Gasteiger partial charge in [-0.15, -0.1) is 0 Å². The summed E-state index contributed by atoms with van der Waals surface area (Å²) in [6.45, 7) is 1.92. The van der Waals surface area contributed by atoms with Crippen LogP contribution in [0.4, 0.5) is 4.79 Å². The number of quaternary nitrogens is 1. The maximum absolute atomic E-state index is 12.4. The van der Waals surface area contributed by atoms with Crippen LogP contribution in [-0.2, 0) is 4.79 Å². The summed E-state index contributed by atoms with van der Waals surface area (Å²) in [6.07, 6.45) is 0. The lowest BCUT2D eigenvalue weighted by Gasteiger charge is -2.20. The summed E-state index contributed by atoms with van der Waals surface area (Å²) in [6, 6.07) is 12.7. The average Bonchev–Trinajstić information content (AvgIpc) is 2.52. The number of primary amides is 1. The third-order valence-electron chi connectivity index (χ3n) is 3.62. The van der Waals surface area contributed by atoms with E-state index in [2.05, 4.69) is 5.32 Å². The van der Waals surface area contributed by atoms with E-state index in [4.69, 9.17) is 28.9 Å². The highest BCUT2D eigenvalue weighted by atomic mass is 35.5. The van der Waals surface area contributed by atoms with Gasteiger partial charge >= 0.3 is 6.03 Å². The van der Waals surface area contributed by atoms with Gasteiger partial charge in [0.15, 0.2) is 6.04 Å². The van der Waals surface area contributed by atoms with E-state index in [0.717, 1.165) is 11.1 Å². The molecule has 2 rings (SSSR count). The van der Waals surface area contributed by atoms with E-state index < -0.39 is 18.0 Å². The highest BCUT2D eigenvalue weighted by Gasteiger charge is 2.28. The van der Waals surface area contributed by atoms with Gasteiger partial charge in [0, 0.05) is 16.1 Å². The first-order valence-electron chi connectivity index (χ1n) is 7.33. The maximum Gasteiger partial charge on any atom is 0.319 e. The average molecular weight is 367 g/mol. The van der Waals surface area contributed by atoms with Gasteiger partial charge in [-0.05, 0) is 19.1 Å². The quantitative estimate of drug-likeness (QED) is 0.758. The predicted octanol–water partition coefficient (Wildman–Crippen LogP) is 2.55. The van der Waals surface area contributed by atoms with Crippen molar-refractivity contribution >= 4 is 35.1 Å². The molecule has 0 aromatic heterocycles. The van der Waals surface area contributed by atoms with Gasteiger partial charge < -0.3 is 11.1 Å². The molecule has 0 fully saturated rings. The lowest BCUT2D eigenvalue weighted by atomic mass is 10.0. The SMILES string of the molecule is C[C@H]([NH2+][C@@H](C(=O)NC(N)=O)c1ccccc1)c1ccc(Cl)cc1Cl. The van der Waals surface area contributed by atoms with Crippen LogP contribution >= 0.6 is 23.2 Å². The second-order valence-corrected chi connectivity index (χ2v) is 6.23. The van der Waals surface area contributed by atoms with E-state index in [9.17, 15) is 9.59 Å². The number of urea groups is 1. The van der Waals surface area contributed by atoms with Crippen LogP contribution in [-0.4, -0.2) is 11.9 Å². The highest BCUT2D eigenvalue weighted by molar-refractivity contribution is 6.35. The molecule has 2 atom stereocenters. The van der Waals surface area contributed by atoms with Crippen LogP contribution in [0.25, 0.3) is 0 Å². The summed E-state index contributed by atoms with van der Waals surface area (Å²) in [7, 11) is 0. The molecule has 2 aromatic rings. The molecule has 5 nitrogen and oxygen atoms in total. The molecular weight excluding hydrogens is 349 g/mol. The van der Waals surface area contributed by atoms with E-state index in [0.29, 0.717) is 10.0 Å². The molecule has 0 aliphatic heterocycles. The van der Waals surface area contributed by atoms with Crippen molar-refractivity contribution in [1.29, 1.82) is 0 Å². The third kappa shape index (κ3) is 4.71. The van der Waals surface area contributed by atoms with Crippen molar-refractivity contribution < 1.29 is 14.9 Å². The fourth-order valence-corrected chi connectivity index (χ4v) is 3.05. The molecule has 0 bridgehead atoms. The minimum atomic E-state index is -0.883. The Morgan fingerprint density at radius 3 is 2.38 bits per heavy atom. The third-order valence-corrected chi connectivity index (χ3v) is 4.18. The first-order chi connectivity index (χ1) is 11.4. The van der Waals surface area contributed by atoms with E-state index in [1.807, 2.05) is 48.6 Å². The minimum absolute atomic E-state index is 0.140. The minimum Gasteiger partial charge on any atom is -0.351 e. The van der Waals surface area contributed by atoms with Crippen LogP contribution in [0.2, 0.25) is 10.0 Å². The topological polar surface area (TPSA) is 88.8 Å². The lowest BCUT2D eigenvalue weighted by molar-refractivity contribution is -0.719. The van der Waals surface area contributed by atoms with Crippen molar-refractivity contribution in [3.63, 3.8) is 0 Å². The number of hydrogen-bond acceptors (Lipinski definition) is 2. The zero-order valence-electron chi connectivity index (χ0n) is 13.0. The Balaban J connectivity index is 2.27. The molecule has 0 heterocycles. The molecule has 0 saturated carbocycles. The van der Waals surface area contributed by atoms with Crippen molar-refractivity contribution in [2.75, 3.05) is 0 Å². The molecule has 0 aliphatic carbocycles. The van der Waals surface area contributed by atoms with E-state index >= 15 is 0 Å². The molecule has 2 aromatic carbocycles. The molecule has 0 saturated heterocycles. The summed E-state index contributed by atoms with van der Waals surface area (Å²) < 4.78 is 0. The number of carbonyl (C=O) groups excluding carboxylic acids is 2. The summed E-state index contributed by atoms with van der Waals surface area (Å²) in [4.78, 5) is 23.4. The predicted molar refractivity (Wildman–Crippen MR) is 93.7 cm³/mol. The number of hydrogen-bond donors (Lipinski definition) is 3. The number of rotatable bonds is 5. The molecule has 0 unspecified atom stereocenters. The second kappa shape index (κ2) is 8.15. The van der Waals surface area contributed by atoms with Gasteiger partial charge in [0.1, 0.15) is 6.04 Å². The largest absolute Gasteiger partial charge is 0.351 e. The van der Waals surface area contributed by atoms with Gasteiger partial charge in [-0.25, -0.2) is 4.79 Å². The second-order valence-electron chi connectivity index (χ2n) is 5.39. The Hall–Kier alpha value is -2.08. The van der Waals surface area contributed by atoms with Crippen LogP contribution in [0.1, 0.15) is 30.1 Å². The zero-order valence-corrected chi connectivity index (χ0v) is 14.5. The zero-order chi connectivity index (χ0) is 17.7. The van der Waals surface area contributed by atoms with E-state index in [1.165, 1.54) is 0 Å². The number of nitrogens with one attached hydrogen (secondary N) is 1. The smallest absolute Gasteiger partial charge is 0.319 e. The van der Waals surface area contributed by atoms with Gasteiger partial charge in [0.05, 0.1) is 5.02 Å².